The molecule has 0 fully saturated rings. The van der Waals surface area contributed by atoms with Crippen LogP contribution >= 0.6 is 0 Å². The first kappa shape index (κ1) is 12.6. The average molecular weight is 222 g/mol. The molecular formula is C13H18O3. The summed E-state index contributed by atoms with van der Waals surface area (Å²) in [6.45, 7) is 9.44. The number of aliphatic carboxylic acids is 1. The summed E-state index contributed by atoms with van der Waals surface area (Å²) in [6, 6.07) is 2.09. The first-order valence-corrected chi connectivity index (χ1v) is 5.31. The number of ether oxygens (including phenoxy) is 1. The normalized spacial score (nSPS) is 12.3. The second-order valence-corrected chi connectivity index (χ2v) is 4.19. The zero-order valence-corrected chi connectivity index (χ0v) is 10.4. The van der Waals surface area contributed by atoms with Crippen LogP contribution < -0.4 is 4.74 Å². The highest BCUT2D eigenvalue weighted by Gasteiger charge is 2.17. The van der Waals surface area contributed by atoms with E-state index in [1.165, 1.54) is 0 Å². The molecule has 0 spiro atoms. The van der Waals surface area contributed by atoms with Gasteiger partial charge in [-0.1, -0.05) is 6.07 Å². The van der Waals surface area contributed by atoms with Gasteiger partial charge in [-0.05, 0) is 56.9 Å². The fourth-order valence-electron chi connectivity index (χ4n) is 1.58. The molecule has 3 nitrogen and oxygen atoms in total. The van der Waals surface area contributed by atoms with Crippen molar-refractivity contribution in [1.29, 1.82) is 0 Å². The highest BCUT2D eigenvalue weighted by Crippen LogP contribution is 2.29. The highest BCUT2D eigenvalue weighted by atomic mass is 16.5. The van der Waals surface area contributed by atoms with E-state index in [2.05, 4.69) is 6.07 Å². The van der Waals surface area contributed by atoms with Crippen LogP contribution in [0.15, 0.2) is 6.07 Å². The van der Waals surface area contributed by atoms with Crippen molar-refractivity contribution in [2.24, 2.45) is 0 Å². The summed E-state index contributed by atoms with van der Waals surface area (Å²) in [4.78, 5) is 10.8. The molecule has 0 amide bonds. The molecule has 0 aliphatic rings. The quantitative estimate of drug-likeness (QED) is 0.855. The average Bonchev–Trinajstić information content (AvgIpc) is 2.21. The Morgan fingerprint density at radius 3 is 2.00 bits per heavy atom. The Kier molecular flexibility index (Phi) is 3.58. The summed E-state index contributed by atoms with van der Waals surface area (Å²) >= 11 is 0. The number of benzene rings is 1. The molecule has 0 radical (unpaired) electrons. The molecule has 0 saturated carbocycles. The van der Waals surface area contributed by atoms with Crippen molar-refractivity contribution in [3.63, 3.8) is 0 Å². The van der Waals surface area contributed by atoms with Crippen LogP contribution in [0.5, 0.6) is 5.75 Å². The van der Waals surface area contributed by atoms with Crippen LogP contribution in [0.4, 0.5) is 0 Å². The van der Waals surface area contributed by atoms with Crippen molar-refractivity contribution in [3.05, 3.63) is 28.3 Å². The maximum atomic E-state index is 10.8. The highest BCUT2D eigenvalue weighted by molar-refractivity contribution is 5.72. The Bertz CT molecular complexity index is 395. The topological polar surface area (TPSA) is 46.5 Å². The number of carboxylic acids is 1. The fourth-order valence-corrected chi connectivity index (χ4v) is 1.58. The van der Waals surface area contributed by atoms with Gasteiger partial charge in [0.2, 0.25) is 0 Å². The van der Waals surface area contributed by atoms with Gasteiger partial charge in [-0.15, -0.1) is 0 Å². The SMILES string of the molecule is Cc1cc(C)c(C)c(OC(C)C(=O)O)c1C. The van der Waals surface area contributed by atoms with Gasteiger partial charge in [0, 0.05) is 0 Å². The minimum absolute atomic E-state index is 0.701. The summed E-state index contributed by atoms with van der Waals surface area (Å²) in [6.07, 6.45) is -0.821. The number of hydrogen-bond acceptors (Lipinski definition) is 2. The molecular weight excluding hydrogens is 204 g/mol. The number of hydrogen-bond donors (Lipinski definition) is 1. The third kappa shape index (κ3) is 2.35. The molecule has 3 heteroatoms. The van der Waals surface area contributed by atoms with Crippen molar-refractivity contribution in [3.8, 4) is 5.75 Å². The fraction of sp³-hybridized carbons (Fsp3) is 0.462. The molecule has 88 valence electrons. The van der Waals surface area contributed by atoms with Crippen LogP contribution in [-0.4, -0.2) is 17.2 Å². The van der Waals surface area contributed by atoms with Crippen LogP contribution in [0.25, 0.3) is 0 Å². The lowest BCUT2D eigenvalue weighted by Crippen LogP contribution is -2.24. The molecule has 0 heterocycles. The van der Waals surface area contributed by atoms with Gasteiger partial charge in [0.25, 0.3) is 0 Å². The zero-order chi connectivity index (χ0) is 12.5. The minimum Gasteiger partial charge on any atom is -0.479 e. The number of carboxylic acid groups (broad SMARTS) is 1. The van der Waals surface area contributed by atoms with E-state index in [9.17, 15) is 4.79 Å². The van der Waals surface area contributed by atoms with Crippen molar-refractivity contribution in [2.75, 3.05) is 0 Å². The summed E-state index contributed by atoms with van der Waals surface area (Å²) in [5, 5.41) is 8.84. The van der Waals surface area contributed by atoms with Crippen molar-refractivity contribution in [2.45, 2.75) is 40.7 Å². The van der Waals surface area contributed by atoms with Gasteiger partial charge in [-0.2, -0.15) is 0 Å². The lowest BCUT2D eigenvalue weighted by molar-refractivity contribution is -0.144. The van der Waals surface area contributed by atoms with Crippen LogP contribution in [0.1, 0.15) is 29.2 Å². The third-order valence-corrected chi connectivity index (χ3v) is 2.94. The Labute approximate surface area is 96.1 Å². The van der Waals surface area contributed by atoms with E-state index >= 15 is 0 Å². The molecule has 1 rings (SSSR count). The molecule has 1 N–H and O–H groups in total. The molecule has 1 aromatic rings. The Hall–Kier alpha value is -1.51. The first-order valence-electron chi connectivity index (χ1n) is 5.31. The largest absolute Gasteiger partial charge is 0.479 e. The van der Waals surface area contributed by atoms with E-state index in [0.29, 0.717) is 5.75 Å². The van der Waals surface area contributed by atoms with E-state index in [1.807, 2.05) is 27.7 Å². The summed E-state index contributed by atoms with van der Waals surface area (Å²) in [5.74, 6) is -0.245. The van der Waals surface area contributed by atoms with Gasteiger partial charge < -0.3 is 9.84 Å². The van der Waals surface area contributed by atoms with E-state index in [1.54, 1.807) is 6.92 Å². The maximum absolute atomic E-state index is 10.8. The monoisotopic (exact) mass is 222 g/mol. The smallest absolute Gasteiger partial charge is 0.344 e. The number of carbonyl (C=O) groups is 1. The van der Waals surface area contributed by atoms with Gasteiger partial charge in [0.15, 0.2) is 6.10 Å². The second-order valence-electron chi connectivity index (χ2n) is 4.19. The van der Waals surface area contributed by atoms with E-state index < -0.39 is 12.1 Å². The van der Waals surface area contributed by atoms with Gasteiger partial charge in [0.1, 0.15) is 5.75 Å². The molecule has 0 aliphatic carbocycles. The number of rotatable bonds is 3. The lowest BCUT2D eigenvalue weighted by atomic mass is 10.00. The predicted octanol–water partition coefficient (Wildman–Crippen LogP) is 2.77. The third-order valence-electron chi connectivity index (χ3n) is 2.94. The predicted molar refractivity (Wildman–Crippen MR) is 63.1 cm³/mol. The molecule has 0 saturated heterocycles. The Balaban J connectivity index is 3.17. The standard InChI is InChI=1S/C13H18O3/c1-7-6-8(2)10(4)12(9(7)3)16-11(5)13(14)15/h6,11H,1-5H3,(H,14,15). The van der Waals surface area contributed by atoms with Gasteiger partial charge >= 0.3 is 5.97 Å². The molecule has 0 aliphatic heterocycles. The Morgan fingerprint density at radius 1 is 1.19 bits per heavy atom. The van der Waals surface area contributed by atoms with E-state index in [0.717, 1.165) is 22.3 Å². The minimum atomic E-state index is -0.946. The van der Waals surface area contributed by atoms with Gasteiger partial charge in [-0.25, -0.2) is 4.79 Å². The van der Waals surface area contributed by atoms with E-state index in [-0.39, 0.29) is 0 Å². The maximum Gasteiger partial charge on any atom is 0.344 e. The van der Waals surface area contributed by atoms with Gasteiger partial charge in [-0.3, -0.25) is 0 Å². The van der Waals surface area contributed by atoms with E-state index in [4.69, 9.17) is 9.84 Å². The van der Waals surface area contributed by atoms with Crippen LogP contribution in [-0.2, 0) is 4.79 Å². The molecule has 1 atom stereocenters. The zero-order valence-electron chi connectivity index (χ0n) is 10.4. The molecule has 0 bridgehead atoms. The van der Waals surface area contributed by atoms with Gasteiger partial charge in [0.05, 0.1) is 0 Å². The van der Waals surface area contributed by atoms with Crippen LogP contribution in [0, 0.1) is 27.7 Å². The first-order chi connectivity index (χ1) is 7.34. The van der Waals surface area contributed by atoms with Crippen molar-refractivity contribution < 1.29 is 14.6 Å². The molecule has 0 aromatic heterocycles. The summed E-state index contributed by atoms with van der Waals surface area (Å²) in [7, 11) is 0. The Morgan fingerprint density at radius 2 is 1.62 bits per heavy atom. The molecule has 1 aromatic carbocycles. The summed E-state index contributed by atoms with van der Waals surface area (Å²) in [5.41, 5.74) is 4.26. The second kappa shape index (κ2) is 4.56. The lowest BCUT2D eigenvalue weighted by Gasteiger charge is -2.18. The summed E-state index contributed by atoms with van der Waals surface area (Å²) < 4.78 is 5.50. The van der Waals surface area contributed by atoms with Crippen LogP contribution in [0.2, 0.25) is 0 Å². The van der Waals surface area contributed by atoms with Crippen molar-refractivity contribution >= 4 is 5.97 Å². The van der Waals surface area contributed by atoms with Crippen LogP contribution in [0.3, 0.4) is 0 Å². The van der Waals surface area contributed by atoms with Crippen molar-refractivity contribution in [1.82, 2.24) is 0 Å². The molecule has 1 unspecified atom stereocenters. The number of aryl methyl sites for hydroxylation is 2. The molecule has 16 heavy (non-hydrogen) atoms.